The minimum Gasteiger partial charge on any atom is -0.508 e. The van der Waals surface area contributed by atoms with Crippen molar-refractivity contribution < 1.29 is 103 Å². The average Bonchev–Trinajstić information content (AvgIpc) is 1.76. The number of carboxylic acid groups (broad SMARTS) is 4. The molecule has 0 spiro atoms. The lowest BCUT2D eigenvalue weighted by Gasteiger charge is -2.45. The van der Waals surface area contributed by atoms with Gasteiger partial charge in [-0.15, -0.1) is 0 Å². The quantitative estimate of drug-likeness (QED) is 0.0174. The number of aliphatic hydroxyl groups excluding tert-OH is 2. The molecule has 2 aliphatic heterocycles. The van der Waals surface area contributed by atoms with Gasteiger partial charge in [0.2, 0.25) is 29.5 Å². The first-order valence-corrected chi connectivity index (χ1v) is 36.7. The summed E-state index contributed by atoms with van der Waals surface area (Å²) in [5, 5.41) is 84.9. The van der Waals surface area contributed by atoms with Crippen molar-refractivity contribution in [2.24, 2.45) is 23.5 Å². The lowest BCUT2D eigenvalue weighted by atomic mass is 9.87. The number of allylic oxidation sites excluding steroid dienone is 1. The summed E-state index contributed by atoms with van der Waals surface area (Å²) in [5.41, 5.74) is 7.99. The molecule has 30 nitrogen and oxygen atoms in total. The Bertz CT molecular complexity index is 3450. The summed E-state index contributed by atoms with van der Waals surface area (Å²) in [7, 11) is 1.86. The molecule has 0 aromatic heterocycles. The number of nitrogens with zero attached hydrogens (tertiary/aromatic N) is 3. The molecule has 562 valence electrons. The third kappa shape index (κ3) is 26.9. The topological polar surface area (TPSA) is 469 Å². The summed E-state index contributed by atoms with van der Waals surface area (Å²) >= 11 is 0. The first-order valence-electron chi connectivity index (χ1n) is 34.2. The van der Waals surface area contributed by atoms with E-state index in [0.717, 1.165) is 39.6 Å². The standard InChI is InChI=1S/C71H95N9O21S2/c1-43(82)63-59(87)33-51(67(96)77-64(44(2)83)70(99)100)37-102-103-38-57(58(86)32-50(29-46-18-22-52(84)23-19-46)66(95)74-56(31-48-21-20-47-14-6-7-16-54(47)48)69(98)73-55(68(97)76-63)17-9-11-25-72)75-65(94)49(28-45-12-4-3-5-13-45)30-53(85)15-8-10-24-71(80(36-62(92)93)41-101-42-81)39-78(34-60(88)89)26-27-79(40-71)35-61(90)91/h3-7,12-14,16,18-19,21-23,42-44,49-51,55-57,63-64,82-84H,8-11,15,17,20,24-41,72H2,1-2H3,(H,73,98)(H,74,95)(H,75,94)(H,76,97)(H,77,96)(H,88,89)(H,90,91)(H,92,93)(H,99,100)/t43?,44?,49-,50+,51-,55-,56?,57?,63-,64-/m0/s1. The smallest absolute Gasteiger partial charge is 0.328 e. The van der Waals surface area contributed by atoms with Crippen molar-refractivity contribution in [1.29, 1.82) is 0 Å². The first-order chi connectivity index (χ1) is 49.1. The number of amides is 5. The molecule has 32 heteroatoms. The molecule has 4 unspecified atom stereocenters. The third-order valence-corrected chi connectivity index (χ3v) is 20.9. The Labute approximate surface area is 604 Å². The van der Waals surface area contributed by atoms with Crippen LogP contribution in [0, 0.1) is 17.8 Å². The monoisotopic (exact) mass is 1470 g/mol. The van der Waals surface area contributed by atoms with E-state index in [9.17, 15) is 78.9 Å². The van der Waals surface area contributed by atoms with Gasteiger partial charge in [0, 0.05) is 81.6 Å². The van der Waals surface area contributed by atoms with Crippen molar-refractivity contribution in [1.82, 2.24) is 41.3 Å². The molecule has 0 bridgehead atoms. The predicted molar refractivity (Wildman–Crippen MR) is 378 cm³/mol. The van der Waals surface area contributed by atoms with E-state index in [4.69, 9.17) is 10.5 Å². The number of ether oxygens (including phenoxy) is 1. The minimum absolute atomic E-state index is 0.0450. The average molecular weight is 1470 g/mol. The van der Waals surface area contributed by atoms with Crippen molar-refractivity contribution in [2.75, 3.05) is 70.6 Å². The number of phenolic OH excluding ortho intramolecular Hbond substituents is 1. The third-order valence-electron chi connectivity index (χ3n) is 18.4. The summed E-state index contributed by atoms with van der Waals surface area (Å²) in [5.74, 6) is -16.5. The number of Topliss-reactive ketones (excluding diaryl/α,β-unsaturated/α-hetero) is 3. The molecular weight excluding hydrogens is 1380 g/mol. The molecule has 6 rings (SSSR count). The zero-order valence-electron chi connectivity index (χ0n) is 57.7. The minimum atomic E-state index is -1.86. The maximum atomic E-state index is 15.4. The highest BCUT2D eigenvalue weighted by molar-refractivity contribution is 8.76. The molecule has 3 aliphatic rings. The number of hydrogen-bond donors (Lipinski definition) is 13. The van der Waals surface area contributed by atoms with Crippen molar-refractivity contribution in [3.05, 3.63) is 107 Å². The molecule has 0 saturated carbocycles. The van der Waals surface area contributed by atoms with E-state index in [1.165, 1.54) is 45.9 Å². The second-order valence-electron chi connectivity index (χ2n) is 26.5. The Morgan fingerprint density at radius 1 is 0.738 bits per heavy atom. The molecule has 3 aromatic carbocycles. The van der Waals surface area contributed by atoms with Crippen molar-refractivity contribution in [2.45, 2.75) is 152 Å². The number of carbonyl (C=O) groups is 13. The van der Waals surface area contributed by atoms with Gasteiger partial charge in [-0.3, -0.25) is 72.2 Å². The number of nitrogens with one attached hydrogen (secondary N) is 5. The lowest BCUT2D eigenvalue weighted by molar-refractivity contribution is -0.150. The van der Waals surface area contributed by atoms with Crippen LogP contribution in [0.4, 0.5) is 0 Å². The number of carboxylic acids is 4. The summed E-state index contributed by atoms with van der Waals surface area (Å²) in [6, 6.07) is 13.9. The molecule has 0 radical (unpaired) electrons. The van der Waals surface area contributed by atoms with Crippen LogP contribution in [-0.2, 0) is 86.3 Å². The number of carbonyl (C=O) groups excluding carboxylic acids is 9. The van der Waals surface area contributed by atoms with Crippen LogP contribution in [0.15, 0.2) is 84.9 Å². The zero-order valence-corrected chi connectivity index (χ0v) is 59.3. The maximum absolute atomic E-state index is 15.4. The van der Waals surface area contributed by atoms with Gasteiger partial charge >= 0.3 is 23.9 Å². The Morgan fingerprint density at radius 3 is 2.00 bits per heavy atom. The molecule has 14 N–H and O–H groups in total. The van der Waals surface area contributed by atoms with Crippen LogP contribution in [0.1, 0.15) is 107 Å². The van der Waals surface area contributed by atoms with E-state index in [0.29, 0.717) is 29.5 Å². The Kier molecular flexibility index (Phi) is 33.7. The van der Waals surface area contributed by atoms with Crippen LogP contribution >= 0.6 is 21.6 Å². The van der Waals surface area contributed by atoms with Gasteiger partial charge < -0.3 is 72.8 Å². The lowest BCUT2D eigenvalue weighted by Crippen LogP contribution is -2.61. The van der Waals surface area contributed by atoms with Gasteiger partial charge in [-0.05, 0) is 112 Å². The van der Waals surface area contributed by atoms with Crippen LogP contribution in [0.3, 0.4) is 0 Å². The maximum Gasteiger partial charge on any atom is 0.328 e. The molecular formula is C71H95N9O21S2. The SMILES string of the molecule is CC(O)[C@H](NC(=O)[C@@H]1CSSCC(NC(=O)[C@H](CC(=O)CCCCC2(N(COC=O)CC(=O)O)CN(CC(=O)O)CCN(CC(=O)O)C2)Cc2ccccc2)C(=O)C[C@@H](Cc2ccc(O)cc2)C(=O)NC(CC2=CCc3ccccc32)C(=O)N[C@@H](CCCCN)C(=O)N[C@@H](C(C)O)C(=O)C1)C(=O)O. The molecule has 2 heterocycles. The Balaban J connectivity index is 1.39. The Morgan fingerprint density at radius 2 is 1.38 bits per heavy atom. The van der Waals surface area contributed by atoms with E-state index in [1.54, 1.807) is 30.3 Å². The van der Waals surface area contributed by atoms with Crippen LogP contribution in [0.5, 0.6) is 5.75 Å². The molecule has 1 aliphatic carbocycles. The number of aromatic hydroxyl groups is 1. The van der Waals surface area contributed by atoms with E-state index in [-0.39, 0.29) is 114 Å². The van der Waals surface area contributed by atoms with Crippen molar-refractivity contribution in [3.8, 4) is 5.75 Å². The van der Waals surface area contributed by atoms with Gasteiger partial charge in [0.15, 0.2) is 17.6 Å². The molecule has 5 amide bonds. The fraction of sp³-hybridized carbons (Fsp3) is 0.535. The second-order valence-corrected chi connectivity index (χ2v) is 29.0. The van der Waals surface area contributed by atoms with Gasteiger partial charge in [-0.1, -0.05) is 101 Å². The van der Waals surface area contributed by atoms with Gasteiger partial charge in [0.05, 0.1) is 49.3 Å². The molecule has 3 aromatic rings. The number of benzene rings is 3. The number of rotatable bonds is 34. The fourth-order valence-electron chi connectivity index (χ4n) is 13.0. The largest absolute Gasteiger partial charge is 0.508 e. The van der Waals surface area contributed by atoms with Gasteiger partial charge in [0.1, 0.15) is 36.4 Å². The summed E-state index contributed by atoms with van der Waals surface area (Å²) in [4.78, 5) is 183. The number of hydrogen-bond acceptors (Lipinski definition) is 23. The van der Waals surface area contributed by atoms with Crippen LogP contribution in [0.2, 0.25) is 0 Å². The number of phenols is 1. The number of unbranched alkanes of at least 4 members (excludes halogenated alkanes) is 2. The molecule has 10 atom stereocenters. The number of ketones is 3. The normalized spacial score (nSPS) is 21.7. The number of nitrogens with two attached hydrogens (primary N) is 1. The van der Waals surface area contributed by atoms with E-state index in [2.05, 4.69) is 26.6 Å². The van der Waals surface area contributed by atoms with Crippen LogP contribution in [-0.4, -0.2) is 246 Å². The van der Waals surface area contributed by atoms with E-state index >= 15 is 19.2 Å². The van der Waals surface area contributed by atoms with Crippen molar-refractivity contribution >= 4 is 104 Å². The zero-order chi connectivity index (χ0) is 75.3. The second kappa shape index (κ2) is 41.6. The molecule has 2 saturated heterocycles. The molecule has 103 heavy (non-hydrogen) atoms. The van der Waals surface area contributed by atoms with Gasteiger partial charge in [-0.2, -0.15) is 0 Å². The first kappa shape index (κ1) is 83.3. The summed E-state index contributed by atoms with van der Waals surface area (Å²) in [6.07, 6.45) is -2.17. The highest BCUT2D eigenvalue weighted by Crippen LogP contribution is 2.34. The Hall–Kier alpha value is -8.63. The van der Waals surface area contributed by atoms with E-state index in [1.807, 2.05) is 30.3 Å². The van der Waals surface area contributed by atoms with Crippen LogP contribution < -0.4 is 32.3 Å². The fourth-order valence-corrected chi connectivity index (χ4v) is 15.5. The highest BCUT2D eigenvalue weighted by Gasteiger charge is 2.44. The highest BCUT2D eigenvalue weighted by atomic mass is 33.1. The van der Waals surface area contributed by atoms with Crippen molar-refractivity contribution in [3.63, 3.8) is 0 Å². The summed E-state index contributed by atoms with van der Waals surface area (Å²) < 4.78 is 5.07. The number of aliphatic carboxylic acids is 4. The van der Waals surface area contributed by atoms with Crippen LogP contribution in [0.25, 0.3) is 5.57 Å². The number of aliphatic hydroxyl groups is 2. The number of fused-ring (bicyclic) bond motifs is 1. The predicted octanol–water partition coefficient (Wildman–Crippen LogP) is 1.33. The van der Waals surface area contributed by atoms with Gasteiger partial charge in [0.25, 0.3) is 6.47 Å². The summed E-state index contributed by atoms with van der Waals surface area (Å²) in [6.45, 7) is 0.373. The molecule has 2 fully saturated rings. The van der Waals surface area contributed by atoms with E-state index < -0.39 is 182 Å². The van der Waals surface area contributed by atoms with Gasteiger partial charge in [-0.25, -0.2) is 4.79 Å².